The van der Waals surface area contributed by atoms with Crippen molar-refractivity contribution in [3.05, 3.63) is 40.5 Å². The maximum Gasteiger partial charge on any atom is 0.254 e. The van der Waals surface area contributed by atoms with E-state index in [0.29, 0.717) is 5.56 Å². The van der Waals surface area contributed by atoms with Gasteiger partial charge in [-0.15, -0.1) is 11.3 Å². The molecule has 0 fully saturated rings. The van der Waals surface area contributed by atoms with Crippen molar-refractivity contribution >= 4 is 23.1 Å². The van der Waals surface area contributed by atoms with E-state index in [-0.39, 0.29) is 5.91 Å². The third-order valence-corrected chi connectivity index (χ3v) is 3.78. The Labute approximate surface area is 122 Å². The van der Waals surface area contributed by atoms with Crippen LogP contribution in [0.5, 0.6) is 0 Å². The third-order valence-electron chi connectivity index (χ3n) is 2.94. The number of nitrogens with zero attached hydrogens (tertiary/aromatic N) is 4. The fraction of sp³-hybridized carbons (Fsp3) is 0.357. The maximum atomic E-state index is 11.8. The van der Waals surface area contributed by atoms with E-state index < -0.39 is 0 Å². The molecule has 1 amide bonds. The van der Waals surface area contributed by atoms with Gasteiger partial charge in [0.15, 0.2) is 0 Å². The van der Waals surface area contributed by atoms with Gasteiger partial charge in [0.25, 0.3) is 5.91 Å². The van der Waals surface area contributed by atoms with Crippen LogP contribution in [0.15, 0.2) is 29.9 Å². The maximum absolute atomic E-state index is 11.8. The van der Waals surface area contributed by atoms with Crippen LogP contribution in [0.2, 0.25) is 0 Å². The first kappa shape index (κ1) is 14.5. The number of hydrogen-bond acceptors (Lipinski definition) is 5. The van der Waals surface area contributed by atoms with Gasteiger partial charge in [-0.25, -0.2) is 9.97 Å². The summed E-state index contributed by atoms with van der Waals surface area (Å²) in [6, 6.07) is 3.68. The molecule has 0 spiro atoms. The van der Waals surface area contributed by atoms with E-state index in [9.17, 15) is 4.79 Å². The number of anilines is 1. The Morgan fingerprint density at radius 2 is 2.05 bits per heavy atom. The van der Waals surface area contributed by atoms with E-state index in [1.807, 2.05) is 30.8 Å². The number of carbonyl (C=O) groups excluding carboxylic acids is 1. The molecule has 0 N–H and O–H groups in total. The summed E-state index contributed by atoms with van der Waals surface area (Å²) < 4.78 is 0. The first-order valence-electron chi connectivity index (χ1n) is 6.35. The Hall–Kier alpha value is -1.95. The topological polar surface area (TPSA) is 49.3 Å². The van der Waals surface area contributed by atoms with Crippen molar-refractivity contribution in [2.24, 2.45) is 0 Å². The summed E-state index contributed by atoms with van der Waals surface area (Å²) in [5.41, 5.74) is 0.604. The van der Waals surface area contributed by atoms with E-state index in [0.717, 1.165) is 23.8 Å². The summed E-state index contributed by atoms with van der Waals surface area (Å²) >= 11 is 1.66. The van der Waals surface area contributed by atoms with E-state index in [1.54, 1.807) is 36.5 Å². The van der Waals surface area contributed by atoms with Crippen LogP contribution in [0.1, 0.15) is 15.4 Å². The number of aromatic nitrogens is 2. The Balaban J connectivity index is 1.96. The number of hydrogen-bond donors (Lipinski definition) is 0. The number of likely N-dealkylation sites (N-methyl/N-ethyl adjacent to an activating group) is 1. The number of rotatable bonds is 5. The van der Waals surface area contributed by atoms with E-state index in [1.165, 1.54) is 0 Å². The molecule has 0 radical (unpaired) electrons. The van der Waals surface area contributed by atoms with Crippen molar-refractivity contribution in [3.63, 3.8) is 0 Å². The fourth-order valence-corrected chi connectivity index (χ4v) is 2.36. The van der Waals surface area contributed by atoms with E-state index >= 15 is 0 Å². The van der Waals surface area contributed by atoms with Gasteiger partial charge in [0, 0.05) is 51.9 Å². The molecule has 2 aromatic rings. The standard InChI is InChI=1S/C14H18N4OS/c1-17(2)14(19)11-4-5-12(16-10-11)18(3)8-6-13-15-7-9-20-13/h4-5,7,9-10H,6,8H2,1-3H3. The molecule has 2 heterocycles. The number of amides is 1. The second-order valence-corrected chi connectivity index (χ2v) is 5.68. The van der Waals surface area contributed by atoms with E-state index in [4.69, 9.17) is 0 Å². The SMILES string of the molecule is CN(C)C(=O)c1ccc(N(C)CCc2nccs2)nc1. The molecule has 20 heavy (non-hydrogen) atoms. The minimum atomic E-state index is -0.0329. The minimum Gasteiger partial charge on any atom is -0.359 e. The zero-order chi connectivity index (χ0) is 14.5. The molecule has 0 unspecified atom stereocenters. The average molecular weight is 290 g/mol. The Bertz CT molecular complexity index is 551. The molecule has 5 nitrogen and oxygen atoms in total. The summed E-state index contributed by atoms with van der Waals surface area (Å²) in [7, 11) is 5.45. The van der Waals surface area contributed by atoms with Crippen molar-refractivity contribution in [1.29, 1.82) is 0 Å². The summed E-state index contributed by atoms with van der Waals surface area (Å²) in [6.45, 7) is 0.849. The normalized spacial score (nSPS) is 10.3. The average Bonchev–Trinajstić information content (AvgIpc) is 2.97. The summed E-state index contributed by atoms with van der Waals surface area (Å²) in [4.78, 5) is 24.0. The van der Waals surface area contributed by atoms with Crippen molar-refractivity contribution in [1.82, 2.24) is 14.9 Å². The molecule has 0 saturated carbocycles. The van der Waals surface area contributed by atoms with Crippen LogP contribution in [0.4, 0.5) is 5.82 Å². The summed E-state index contributed by atoms with van der Waals surface area (Å²) in [6.07, 6.45) is 4.34. The van der Waals surface area contributed by atoms with Crippen LogP contribution in [0, 0.1) is 0 Å². The van der Waals surface area contributed by atoms with Gasteiger partial charge in [0.2, 0.25) is 0 Å². The third kappa shape index (κ3) is 3.54. The van der Waals surface area contributed by atoms with Crippen LogP contribution in [-0.4, -0.2) is 48.5 Å². The molecule has 0 aliphatic heterocycles. The predicted octanol–water partition coefficient (Wildman–Crippen LogP) is 1.92. The van der Waals surface area contributed by atoms with Gasteiger partial charge >= 0.3 is 0 Å². The molecule has 0 bridgehead atoms. The molecule has 0 atom stereocenters. The van der Waals surface area contributed by atoms with Crippen molar-refractivity contribution in [3.8, 4) is 0 Å². The lowest BCUT2D eigenvalue weighted by atomic mass is 10.2. The highest BCUT2D eigenvalue weighted by Crippen LogP contribution is 2.12. The molecular weight excluding hydrogens is 272 g/mol. The molecule has 106 valence electrons. The molecule has 0 aromatic carbocycles. The van der Waals surface area contributed by atoms with Gasteiger partial charge in [-0.05, 0) is 12.1 Å². The highest BCUT2D eigenvalue weighted by Gasteiger charge is 2.09. The predicted molar refractivity (Wildman–Crippen MR) is 81.3 cm³/mol. The Morgan fingerprint density at radius 3 is 2.60 bits per heavy atom. The summed E-state index contributed by atoms with van der Waals surface area (Å²) in [5.74, 6) is 0.825. The second kappa shape index (κ2) is 6.47. The quantitative estimate of drug-likeness (QED) is 0.844. The highest BCUT2D eigenvalue weighted by molar-refractivity contribution is 7.09. The largest absolute Gasteiger partial charge is 0.359 e. The lowest BCUT2D eigenvalue weighted by Crippen LogP contribution is -2.23. The second-order valence-electron chi connectivity index (χ2n) is 4.70. The lowest BCUT2D eigenvalue weighted by molar-refractivity contribution is 0.0827. The van der Waals surface area contributed by atoms with Gasteiger partial charge in [0.1, 0.15) is 5.82 Å². The van der Waals surface area contributed by atoms with Gasteiger partial charge in [-0.3, -0.25) is 4.79 Å². The van der Waals surface area contributed by atoms with Gasteiger partial charge in [-0.2, -0.15) is 0 Å². The molecule has 2 rings (SSSR count). The van der Waals surface area contributed by atoms with Crippen LogP contribution in [0.25, 0.3) is 0 Å². The number of carbonyl (C=O) groups is 1. The first-order valence-corrected chi connectivity index (χ1v) is 7.23. The highest BCUT2D eigenvalue weighted by atomic mass is 32.1. The molecular formula is C14H18N4OS. The minimum absolute atomic E-state index is 0.0329. The summed E-state index contributed by atoms with van der Waals surface area (Å²) in [5, 5.41) is 3.10. The molecule has 0 saturated heterocycles. The van der Waals surface area contributed by atoms with E-state index in [2.05, 4.69) is 14.9 Å². The van der Waals surface area contributed by atoms with Gasteiger partial charge < -0.3 is 9.80 Å². The molecule has 0 aliphatic rings. The first-order chi connectivity index (χ1) is 9.58. The zero-order valence-electron chi connectivity index (χ0n) is 11.9. The van der Waals surface area contributed by atoms with Crippen molar-refractivity contribution < 1.29 is 4.79 Å². The molecule has 2 aromatic heterocycles. The van der Waals surface area contributed by atoms with Crippen LogP contribution < -0.4 is 4.90 Å². The smallest absolute Gasteiger partial charge is 0.254 e. The van der Waals surface area contributed by atoms with Crippen LogP contribution in [-0.2, 0) is 6.42 Å². The molecule has 6 heteroatoms. The van der Waals surface area contributed by atoms with Crippen LogP contribution in [0.3, 0.4) is 0 Å². The van der Waals surface area contributed by atoms with Gasteiger partial charge in [-0.1, -0.05) is 0 Å². The number of pyridine rings is 1. The number of thiazole rings is 1. The molecule has 0 aliphatic carbocycles. The lowest BCUT2D eigenvalue weighted by Gasteiger charge is -2.18. The van der Waals surface area contributed by atoms with Gasteiger partial charge in [0.05, 0.1) is 10.6 Å². The Morgan fingerprint density at radius 1 is 1.25 bits per heavy atom. The Kier molecular flexibility index (Phi) is 4.68. The monoisotopic (exact) mass is 290 g/mol. The fourth-order valence-electron chi connectivity index (χ4n) is 1.75. The van der Waals surface area contributed by atoms with Crippen molar-refractivity contribution in [2.75, 3.05) is 32.6 Å². The van der Waals surface area contributed by atoms with Crippen molar-refractivity contribution in [2.45, 2.75) is 6.42 Å². The van der Waals surface area contributed by atoms with Crippen LogP contribution >= 0.6 is 11.3 Å². The zero-order valence-corrected chi connectivity index (χ0v) is 12.7.